The van der Waals surface area contributed by atoms with Crippen LogP contribution in [-0.4, -0.2) is 46.1 Å². The number of rotatable bonds is 5. The van der Waals surface area contributed by atoms with E-state index < -0.39 is 35.5 Å². The number of hydrogen-bond acceptors (Lipinski definition) is 4. The Morgan fingerprint density at radius 3 is 2.48 bits per heavy atom. The number of carboxylic acids is 1. The number of carboxylic acid groups (broad SMARTS) is 1. The van der Waals surface area contributed by atoms with Gasteiger partial charge >= 0.3 is 5.97 Å². The molecule has 228 valence electrons. The van der Waals surface area contributed by atoms with Gasteiger partial charge in [0, 0.05) is 36.6 Å². The molecule has 2 aromatic carbocycles. The molecule has 0 radical (unpaired) electrons. The van der Waals surface area contributed by atoms with E-state index >= 15 is 4.39 Å². The zero-order chi connectivity index (χ0) is 30.7. The summed E-state index contributed by atoms with van der Waals surface area (Å²) in [6.07, 6.45) is 0.265. The number of carbonyl (C=O) groups excluding carboxylic acids is 1. The van der Waals surface area contributed by atoms with Gasteiger partial charge in [-0.05, 0) is 112 Å². The van der Waals surface area contributed by atoms with Crippen molar-refractivity contribution in [3.63, 3.8) is 0 Å². The van der Waals surface area contributed by atoms with Gasteiger partial charge < -0.3 is 19.5 Å². The smallest absolute Gasteiger partial charge is 0.337 e. The number of nitrogens with zero attached hydrogens (tertiary/aromatic N) is 1. The number of amides is 1. The zero-order valence-electron chi connectivity index (χ0n) is 25.3. The number of fused-ring (bicyclic) bond motifs is 2. The largest absolute Gasteiger partial charge is 0.490 e. The highest BCUT2D eigenvalue weighted by Gasteiger charge is 2.43. The molecule has 0 aromatic heterocycles. The van der Waals surface area contributed by atoms with Crippen LogP contribution in [0.5, 0.6) is 5.75 Å². The topological polar surface area (TPSA) is 76.1 Å². The van der Waals surface area contributed by atoms with E-state index in [2.05, 4.69) is 0 Å². The van der Waals surface area contributed by atoms with Crippen LogP contribution in [0.3, 0.4) is 0 Å². The summed E-state index contributed by atoms with van der Waals surface area (Å²) in [5.74, 6) is -4.55. The summed E-state index contributed by atoms with van der Waals surface area (Å²) in [5, 5.41) is 10.4. The maximum absolute atomic E-state index is 15.6. The van der Waals surface area contributed by atoms with Crippen LogP contribution in [0.25, 0.3) is 11.1 Å². The van der Waals surface area contributed by atoms with Crippen LogP contribution in [0.1, 0.15) is 97.9 Å². The Morgan fingerprint density at radius 2 is 1.83 bits per heavy atom. The summed E-state index contributed by atoms with van der Waals surface area (Å²) in [4.78, 5) is 27.8. The number of alkyl halides is 2. The van der Waals surface area contributed by atoms with Crippen molar-refractivity contribution >= 4 is 11.9 Å². The first-order valence-corrected chi connectivity index (χ1v) is 14.8. The molecule has 2 aliphatic heterocycles. The fourth-order valence-electron chi connectivity index (χ4n) is 7.04. The Labute approximate surface area is 245 Å². The monoisotopic (exact) mass is 587 g/mol. The van der Waals surface area contributed by atoms with E-state index in [4.69, 9.17) is 9.47 Å². The second-order valence-corrected chi connectivity index (χ2v) is 13.0. The van der Waals surface area contributed by atoms with Gasteiger partial charge in [0.15, 0.2) is 17.7 Å². The van der Waals surface area contributed by atoms with Crippen molar-refractivity contribution in [1.29, 1.82) is 0 Å². The number of benzene rings is 2. The molecule has 1 unspecified atom stereocenters. The van der Waals surface area contributed by atoms with Crippen LogP contribution in [-0.2, 0) is 33.7 Å². The lowest BCUT2D eigenvalue weighted by atomic mass is 9.78. The van der Waals surface area contributed by atoms with Crippen molar-refractivity contribution in [1.82, 2.24) is 4.90 Å². The number of carbonyl (C=O) groups is 2. The molecule has 2 atom stereocenters. The van der Waals surface area contributed by atoms with Crippen molar-refractivity contribution < 1.29 is 37.3 Å². The maximum Gasteiger partial charge on any atom is 0.337 e. The Hall–Kier alpha value is -3.07. The molecule has 0 bridgehead atoms. The second-order valence-electron chi connectivity index (χ2n) is 13.0. The summed E-state index contributed by atoms with van der Waals surface area (Å²) in [7, 11) is 0. The average Bonchev–Trinajstić information content (AvgIpc) is 2.90. The summed E-state index contributed by atoms with van der Waals surface area (Å²) in [5.41, 5.74) is 5.01. The average molecular weight is 588 g/mol. The van der Waals surface area contributed by atoms with Crippen molar-refractivity contribution in [3.8, 4) is 16.9 Å². The zero-order valence-corrected chi connectivity index (χ0v) is 25.3. The lowest BCUT2D eigenvalue weighted by Crippen LogP contribution is -2.48. The third-order valence-electron chi connectivity index (χ3n) is 9.01. The number of hydrogen-bond donors (Lipinski definition) is 1. The Bertz CT molecular complexity index is 1440. The summed E-state index contributed by atoms with van der Waals surface area (Å²) in [6.45, 7) is 11.4. The van der Waals surface area contributed by atoms with Crippen LogP contribution in [0.15, 0.2) is 6.07 Å². The molecule has 1 fully saturated rings. The van der Waals surface area contributed by atoms with Crippen molar-refractivity contribution in [2.24, 2.45) is 0 Å². The SMILES string of the molecule is Cc1c(-c2c(C)c3c(c(C)c2[C@H](OC(C)(C)C)C(=O)O)CC(=O)N(C2CCCC(F)(F)C2)C3)cc(F)c2c1CCCO2. The van der Waals surface area contributed by atoms with E-state index in [0.29, 0.717) is 59.3 Å². The van der Waals surface area contributed by atoms with E-state index in [-0.39, 0.29) is 37.5 Å². The Morgan fingerprint density at radius 1 is 1.12 bits per heavy atom. The molecule has 3 aliphatic rings. The highest BCUT2D eigenvalue weighted by molar-refractivity contribution is 5.89. The number of ether oxygens (including phenoxy) is 2. The summed E-state index contributed by atoms with van der Waals surface area (Å²) in [6, 6.07) is 0.828. The highest BCUT2D eigenvalue weighted by Crippen LogP contribution is 2.47. The Balaban J connectivity index is 1.75. The van der Waals surface area contributed by atoms with E-state index in [1.807, 2.05) is 13.8 Å². The van der Waals surface area contributed by atoms with E-state index in [1.165, 1.54) is 6.07 Å². The van der Waals surface area contributed by atoms with E-state index in [0.717, 1.165) is 23.1 Å². The van der Waals surface area contributed by atoms with Gasteiger partial charge in [-0.1, -0.05) is 0 Å². The second kappa shape index (κ2) is 10.9. The molecule has 1 N–H and O–H groups in total. The fourth-order valence-corrected chi connectivity index (χ4v) is 7.04. The molecule has 42 heavy (non-hydrogen) atoms. The molecule has 1 saturated carbocycles. The first-order valence-electron chi connectivity index (χ1n) is 14.8. The molecule has 1 amide bonds. The van der Waals surface area contributed by atoms with E-state index in [9.17, 15) is 23.5 Å². The molecule has 9 heteroatoms. The van der Waals surface area contributed by atoms with Crippen LogP contribution in [0.2, 0.25) is 0 Å². The molecule has 6 nitrogen and oxygen atoms in total. The van der Waals surface area contributed by atoms with Gasteiger partial charge in [-0.3, -0.25) is 4.79 Å². The molecular formula is C33H40F3NO5. The van der Waals surface area contributed by atoms with E-state index in [1.54, 1.807) is 32.6 Å². The lowest BCUT2D eigenvalue weighted by molar-refractivity contribution is -0.160. The number of halogens is 3. The molecule has 5 rings (SSSR count). The van der Waals surface area contributed by atoms with Gasteiger partial charge in [0.25, 0.3) is 0 Å². The molecular weight excluding hydrogens is 547 g/mol. The predicted molar refractivity (Wildman–Crippen MR) is 153 cm³/mol. The molecule has 1 aliphatic carbocycles. The first kappa shape index (κ1) is 30.4. The van der Waals surface area contributed by atoms with Crippen molar-refractivity contribution in [2.45, 2.75) is 117 Å². The van der Waals surface area contributed by atoms with Gasteiger partial charge in [-0.25, -0.2) is 18.0 Å². The van der Waals surface area contributed by atoms with Gasteiger partial charge in [-0.2, -0.15) is 0 Å². The Kier molecular flexibility index (Phi) is 7.88. The number of aliphatic carboxylic acids is 1. The van der Waals surface area contributed by atoms with Crippen LogP contribution < -0.4 is 4.74 Å². The normalized spacial score (nSPS) is 20.9. The third kappa shape index (κ3) is 5.52. The first-order chi connectivity index (χ1) is 19.6. The van der Waals surface area contributed by atoms with Gasteiger partial charge in [0.2, 0.25) is 11.8 Å². The summed E-state index contributed by atoms with van der Waals surface area (Å²) >= 11 is 0. The molecule has 2 aromatic rings. The van der Waals surface area contributed by atoms with Gasteiger partial charge in [0.1, 0.15) is 0 Å². The molecule has 2 heterocycles. The maximum atomic E-state index is 15.6. The fraction of sp³-hybridized carbons (Fsp3) is 0.576. The minimum absolute atomic E-state index is 0.0232. The predicted octanol–water partition coefficient (Wildman–Crippen LogP) is 7.15. The van der Waals surface area contributed by atoms with Crippen LogP contribution in [0, 0.1) is 26.6 Å². The molecule has 0 saturated heterocycles. The van der Waals surface area contributed by atoms with Crippen molar-refractivity contribution in [3.05, 3.63) is 50.8 Å². The van der Waals surface area contributed by atoms with Crippen molar-refractivity contribution in [2.75, 3.05) is 6.61 Å². The minimum atomic E-state index is -2.82. The van der Waals surface area contributed by atoms with Gasteiger partial charge in [0.05, 0.1) is 18.6 Å². The highest BCUT2D eigenvalue weighted by atomic mass is 19.3. The van der Waals surface area contributed by atoms with Gasteiger partial charge in [-0.15, -0.1) is 0 Å². The minimum Gasteiger partial charge on any atom is -0.490 e. The van der Waals surface area contributed by atoms with Crippen LogP contribution in [0.4, 0.5) is 13.2 Å². The van der Waals surface area contributed by atoms with Crippen LogP contribution >= 0.6 is 0 Å². The summed E-state index contributed by atoms with van der Waals surface area (Å²) < 4.78 is 56.1. The lowest BCUT2D eigenvalue weighted by Gasteiger charge is -2.41. The third-order valence-corrected chi connectivity index (χ3v) is 9.01. The quantitative estimate of drug-likeness (QED) is 0.402. The molecule has 0 spiro atoms. The standard InChI is InChI=1S/C33H40F3NO5/c1-17-21-10-8-12-41-29(21)25(34)13-23(17)27-19(3)24-16-37(20-9-7-11-33(35,36)15-20)26(38)14-22(24)18(2)28(27)30(31(39)40)42-32(4,5)6/h13,20,30H,7-12,14-16H2,1-6H3,(H,39,40)/t20?,30-/m0/s1.